The maximum atomic E-state index is 13.0. The molecule has 0 saturated heterocycles. The van der Waals surface area contributed by atoms with Crippen molar-refractivity contribution in [3.63, 3.8) is 0 Å². The number of hydrogen-bond acceptors (Lipinski definition) is 4. The molecule has 0 heterocycles. The van der Waals surface area contributed by atoms with Crippen LogP contribution in [0, 0.1) is 35.5 Å². The Balaban J connectivity index is 1.60. The predicted molar refractivity (Wildman–Crippen MR) is 90.5 cm³/mol. The van der Waals surface area contributed by atoms with E-state index in [1.54, 1.807) is 25.3 Å². The first-order chi connectivity index (χ1) is 12.0. The number of carbonyl (C=O) groups is 2. The predicted octanol–water partition coefficient (Wildman–Crippen LogP) is 2.41. The van der Waals surface area contributed by atoms with Gasteiger partial charge in [-0.15, -0.1) is 0 Å². The van der Waals surface area contributed by atoms with Gasteiger partial charge in [-0.05, 0) is 42.2 Å². The minimum atomic E-state index is -0.883. The standard InChI is InChI=1S/C19H21NO5/c1-24-9-3-6-14(15(7-9)25-2)20-18(21)16-10-4-5-11(13-8-12(10)13)17(16)19(22)23/h3-7,10-13,16-17H,8H2,1-2H3,(H,20,21)(H,22,23)/t10-,11-,12-,13-,16+,17-/m0/s1. The third kappa shape index (κ3) is 2.47. The topological polar surface area (TPSA) is 84.9 Å². The molecule has 1 aromatic rings. The minimum Gasteiger partial charge on any atom is -0.497 e. The zero-order valence-electron chi connectivity index (χ0n) is 14.1. The first-order valence-electron chi connectivity index (χ1n) is 8.49. The highest BCUT2D eigenvalue weighted by Gasteiger charge is 2.63. The highest BCUT2D eigenvalue weighted by atomic mass is 16.5. The van der Waals surface area contributed by atoms with Crippen LogP contribution in [0.2, 0.25) is 0 Å². The van der Waals surface area contributed by atoms with Crippen molar-refractivity contribution in [1.82, 2.24) is 0 Å². The van der Waals surface area contributed by atoms with Crippen LogP contribution in [0.4, 0.5) is 5.69 Å². The summed E-state index contributed by atoms with van der Waals surface area (Å²) in [4.78, 5) is 24.8. The molecule has 0 aliphatic heterocycles. The molecule has 0 aromatic heterocycles. The number of anilines is 1. The van der Waals surface area contributed by atoms with Crippen LogP contribution in [0.3, 0.4) is 0 Å². The Labute approximate surface area is 145 Å². The average Bonchev–Trinajstić information content (AvgIpc) is 3.43. The van der Waals surface area contributed by atoms with Gasteiger partial charge in [0.1, 0.15) is 11.5 Å². The van der Waals surface area contributed by atoms with E-state index in [0.29, 0.717) is 29.0 Å². The van der Waals surface area contributed by atoms with Crippen LogP contribution in [0.15, 0.2) is 30.4 Å². The van der Waals surface area contributed by atoms with E-state index in [4.69, 9.17) is 9.47 Å². The van der Waals surface area contributed by atoms with Gasteiger partial charge in [-0.25, -0.2) is 0 Å². The summed E-state index contributed by atoms with van der Waals surface area (Å²) in [6.45, 7) is 0. The quantitative estimate of drug-likeness (QED) is 0.802. The van der Waals surface area contributed by atoms with E-state index < -0.39 is 17.8 Å². The molecule has 25 heavy (non-hydrogen) atoms. The number of ether oxygens (including phenoxy) is 2. The molecular formula is C19H21NO5. The Morgan fingerprint density at radius 1 is 1.08 bits per heavy atom. The molecule has 2 bridgehead atoms. The van der Waals surface area contributed by atoms with Gasteiger partial charge in [0, 0.05) is 6.07 Å². The summed E-state index contributed by atoms with van der Waals surface area (Å²) in [5.41, 5.74) is 0.523. The maximum absolute atomic E-state index is 13.0. The Morgan fingerprint density at radius 3 is 2.36 bits per heavy atom. The molecule has 2 fully saturated rings. The Morgan fingerprint density at radius 2 is 1.76 bits per heavy atom. The second-order valence-electron chi connectivity index (χ2n) is 7.05. The number of rotatable bonds is 5. The van der Waals surface area contributed by atoms with Crippen LogP contribution in [-0.2, 0) is 9.59 Å². The summed E-state index contributed by atoms with van der Waals surface area (Å²) in [7, 11) is 3.08. The van der Waals surface area contributed by atoms with E-state index in [1.807, 2.05) is 12.2 Å². The number of hydrogen-bond donors (Lipinski definition) is 2. The Hall–Kier alpha value is -2.50. The molecule has 0 unspecified atom stereocenters. The van der Waals surface area contributed by atoms with E-state index >= 15 is 0 Å². The van der Waals surface area contributed by atoms with Gasteiger partial charge in [0.25, 0.3) is 0 Å². The third-order valence-corrected chi connectivity index (χ3v) is 5.91. The van der Waals surface area contributed by atoms with Crippen molar-refractivity contribution < 1.29 is 24.2 Å². The first-order valence-corrected chi connectivity index (χ1v) is 8.49. The summed E-state index contributed by atoms with van der Waals surface area (Å²) in [6, 6.07) is 5.13. The monoisotopic (exact) mass is 343 g/mol. The lowest BCUT2D eigenvalue weighted by Gasteiger charge is -2.41. The van der Waals surface area contributed by atoms with Gasteiger partial charge in [0.15, 0.2) is 0 Å². The highest BCUT2D eigenvalue weighted by molar-refractivity contribution is 5.97. The minimum absolute atomic E-state index is 0.0142. The molecule has 1 aromatic carbocycles. The van der Waals surface area contributed by atoms with Gasteiger partial charge in [-0.3, -0.25) is 9.59 Å². The third-order valence-electron chi connectivity index (χ3n) is 5.91. The lowest BCUT2D eigenvalue weighted by Crippen LogP contribution is -2.48. The molecule has 6 nitrogen and oxygen atoms in total. The summed E-state index contributed by atoms with van der Waals surface area (Å²) in [6.07, 6.45) is 5.09. The number of benzene rings is 1. The molecule has 6 atom stereocenters. The van der Waals surface area contributed by atoms with Gasteiger partial charge in [0.2, 0.25) is 5.91 Å². The Kier molecular flexibility index (Phi) is 3.71. The van der Waals surface area contributed by atoms with Crippen LogP contribution >= 0.6 is 0 Å². The van der Waals surface area contributed by atoms with E-state index in [0.717, 1.165) is 6.42 Å². The number of allylic oxidation sites excluding steroid dienone is 2. The van der Waals surface area contributed by atoms with Crippen LogP contribution in [0.25, 0.3) is 0 Å². The molecule has 4 aliphatic rings. The van der Waals surface area contributed by atoms with Crippen molar-refractivity contribution in [3.8, 4) is 11.5 Å². The van der Waals surface area contributed by atoms with Crippen molar-refractivity contribution in [2.45, 2.75) is 6.42 Å². The molecule has 2 saturated carbocycles. The van der Waals surface area contributed by atoms with E-state index in [9.17, 15) is 14.7 Å². The zero-order chi connectivity index (χ0) is 17.7. The fraction of sp³-hybridized carbons (Fsp3) is 0.474. The number of aliphatic carboxylic acids is 1. The molecule has 5 rings (SSSR count). The summed E-state index contributed by atoms with van der Waals surface area (Å²) in [5, 5.41) is 12.6. The van der Waals surface area contributed by atoms with Crippen LogP contribution in [0.5, 0.6) is 11.5 Å². The lowest BCUT2D eigenvalue weighted by atomic mass is 9.62. The molecule has 1 amide bonds. The van der Waals surface area contributed by atoms with Crippen LogP contribution < -0.4 is 14.8 Å². The molecule has 6 heteroatoms. The second-order valence-corrected chi connectivity index (χ2v) is 7.05. The second kappa shape index (κ2) is 5.79. The van der Waals surface area contributed by atoms with Crippen LogP contribution in [0.1, 0.15) is 6.42 Å². The fourth-order valence-corrected chi connectivity index (χ4v) is 4.69. The van der Waals surface area contributed by atoms with Gasteiger partial charge in [-0.2, -0.15) is 0 Å². The zero-order valence-corrected chi connectivity index (χ0v) is 14.1. The summed E-state index contributed by atoms with van der Waals surface area (Å²) in [5.74, 6) is -0.326. The average molecular weight is 343 g/mol. The van der Waals surface area contributed by atoms with E-state index in [-0.39, 0.29) is 17.7 Å². The lowest BCUT2D eigenvalue weighted by molar-refractivity contribution is -0.152. The molecule has 132 valence electrons. The van der Waals surface area contributed by atoms with Crippen molar-refractivity contribution in [1.29, 1.82) is 0 Å². The maximum Gasteiger partial charge on any atom is 0.307 e. The molecule has 2 N–H and O–H groups in total. The van der Waals surface area contributed by atoms with Gasteiger partial charge >= 0.3 is 5.97 Å². The van der Waals surface area contributed by atoms with E-state index in [1.165, 1.54) is 7.11 Å². The van der Waals surface area contributed by atoms with Crippen molar-refractivity contribution in [2.75, 3.05) is 19.5 Å². The number of methoxy groups -OCH3 is 2. The number of carboxylic acids is 1. The number of carboxylic acid groups (broad SMARTS) is 1. The van der Waals surface area contributed by atoms with Gasteiger partial charge in [-0.1, -0.05) is 12.2 Å². The molecule has 0 spiro atoms. The summed E-state index contributed by atoms with van der Waals surface area (Å²) >= 11 is 0. The number of amides is 1. The van der Waals surface area contributed by atoms with Crippen molar-refractivity contribution in [2.24, 2.45) is 35.5 Å². The van der Waals surface area contributed by atoms with Crippen molar-refractivity contribution in [3.05, 3.63) is 30.4 Å². The molecular weight excluding hydrogens is 322 g/mol. The van der Waals surface area contributed by atoms with E-state index in [2.05, 4.69) is 5.32 Å². The smallest absolute Gasteiger partial charge is 0.307 e. The number of nitrogens with one attached hydrogen (secondary N) is 1. The largest absolute Gasteiger partial charge is 0.497 e. The summed E-state index contributed by atoms with van der Waals surface area (Å²) < 4.78 is 10.5. The fourth-order valence-electron chi connectivity index (χ4n) is 4.69. The van der Waals surface area contributed by atoms with Crippen molar-refractivity contribution >= 4 is 17.6 Å². The van der Waals surface area contributed by atoms with Gasteiger partial charge < -0.3 is 19.9 Å². The normalized spacial score (nSPS) is 34.2. The molecule has 4 aliphatic carbocycles. The highest BCUT2D eigenvalue weighted by Crippen LogP contribution is 2.63. The number of fused-ring (bicyclic) bond motifs is 1. The number of carbonyl (C=O) groups excluding carboxylic acids is 1. The Bertz CT molecular complexity index is 758. The first kappa shape index (κ1) is 16.0. The van der Waals surface area contributed by atoms with Gasteiger partial charge in [0.05, 0.1) is 31.7 Å². The molecule has 0 radical (unpaired) electrons. The SMILES string of the molecule is COc1ccc(NC(=O)[C@@H]2[C@H]3C=C[C@@H]([C@@H]4C[C@@H]34)[C@@H]2C(=O)O)c(OC)c1. The van der Waals surface area contributed by atoms with Crippen LogP contribution in [-0.4, -0.2) is 31.2 Å².